The van der Waals surface area contributed by atoms with Gasteiger partial charge < -0.3 is 10.6 Å². The maximum Gasteiger partial charge on any atom is 0.269 e. The monoisotopic (exact) mass is 251 g/mol. The molecule has 98 valence electrons. The number of nitrogens with one attached hydrogen (secondary N) is 2. The summed E-state index contributed by atoms with van der Waals surface area (Å²) in [6.45, 7) is 2.52. The van der Waals surface area contributed by atoms with Gasteiger partial charge in [0, 0.05) is 24.2 Å². The molecule has 0 bridgehead atoms. The van der Waals surface area contributed by atoms with Gasteiger partial charge in [0.05, 0.1) is 4.92 Å². The maximum absolute atomic E-state index is 11.6. The lowest BCUT2D eigenvalue weighted by atomic mass is 10.1. The molecule has 1 aromatic rings. The number of anilines is 1. The molecule has 6 heteroatoms. The van der Waals surface area contributed by atoms with Crippen LogP contribution in [0, 0.1) is 17.0 Å². The van der Waals surface area contributed by atoms with Gasteiger partial charge in [-0.3, -0.25) is 14.9 Å². The summed E-state index contributed by atoms with van der Waals surface area (Å²) in [6.07, 6.45) is 1.19. The van der Waals surface area contributed by atoms with Crippen LogP contribution in [0.2, 0.25) is 0 Å². The summed E-state index contributed by atoms with van der Waals surface area (Å²) in [5, 5.41) is 16.3. The molecule has 1 aromatic carbocycles. The third kappa shape index (κ3) is 4.14. The molecule has 0 aromatic heterocycles. The molecule has 0 aliphatic carbocycles. The van der Waals surface area contributed by atoms with Crippen LogP contribution in [-0.4, -0.2) is 24.4 Å². The molecule has 0 saturated carbocycles. The number of hydrogen-bond donors (Lipinski definition) is 2. The minimum atomic E-state index is -0.453. The first-order valence-electron chi connectivity index (χ1n) is 5.74. The molecule has 2 N–H and O–H groups in total. The lowest BCUT2D eigenvalue weighted by molar-refractivity contribution is -0.384. The fourth-order valence-corrected chi connectivity index (χ4v) is 1.54. The largest absolute Gasteiger partial charge is 0.326 e. The highest BCUT2D eigenvalue weighted by Gasteiger charge is 2.09. The van der Waals surface area contributed by atoms with E-state index >= 15 is 0 Å². The van der Waals surface area contributed by atoms with Crippen LogP contribution in [0.5, 0.6) is 0 Å². The van der Waals surface area contributed by atoms with Gasteiger partial charge >= 0.3 is 0 Å². The van der Waals surface area contributed by atoms with E-state index in [4.69, 9.17) is 0 Å². The van der Waals surface area contributed by atoms with Crippen molar-refractivity contribution in [3.8, 4) is 0 Å². The van der Waals surface area contributed by atoms with E-state index in [0.717, 1.165) is 13.0 Å². The van der Waals surface area contributed by atoms with Gasteiger partial charge in [-0.15, -0.1) is 0 Å². The Morgan fingerprint density at radius 2 is 2.17 bits per heavy atom. The molecule has 0 unspecified atom stereocenters. The predicted molar refractivity (Wildman–Crippen MR) is 69.6 cm³/mol. The molecule has 0 fully saturated rings. The molecule has 0 spiro atoms. The number of hydrogen-bond acceptors (Lipinski definition) is 4. The highest BCUT2D eigenvalue weighted by Crippen LogP contribution is 2.21. The number of amides is 1. The first-order chi connectivity index (χ1) is 8.54. The number of rotatable bonds is 6. The lowest BCUT2D eigenvalue weighted by Crippen LogP contribution is -2.15. The van der Waals surface area contributed by atoms with E-state index in [9.17, 15) is 14.9 Å². The van der Waals surface area contributed by atoms with E-state index in [1.54, 1.807) is 13.0 Å². The Morgan fingerprint density at radius 3 is 2.72 bits per heavy atom. The van der Waals surface area contributed by atoms with Crippen molar-refractivity contribution in [1.29, 1.82) is 0 Å². The standard InChI is InChI=1S/C12H17N3O3/c1-9-8-10(15(17)18)5-6-11(9)14-12(16)4-3-7-13-2/h5-6,8,13H,3-4,7H2,1-2H3,(H,14,16). The van der Waals surface area contributed by atoms with Crippen LogP contribution >= 0.6 is 0 Å². The Morgan fingerprint density at radius 1 is 1.44 bits per heavy atom. The van der Waals surface area contributed by atoms with Crippen molar-refractivity contribution >= 4 is 17.3 Å². The van der Waals surface area contributed by atoms with Crippen LogP contribution in [0.3, 0.4) is 0 Å². The first-order valence-corrected chi connectivity index (χ1v) is 5.74. The third-order valence-corrected chi connectivity index (χ3v) is 2.53. The Hall–Kier alpha value is -1.95. The Bertz CT molecular complexity index is 446. The van der Waals surface area contributed by atoms with Gasteiger partial charge in [-0.1, -0.05) is 0 Å². The average Bonchev–Trinajstić information content (AvgIpc) is 2.32. The van der Waals surface area contributed by atoms with Crippen molar-refractivity contribution in [3.05, 3.63) is 33.9 Å². The summed E-state index contributed by atoms with van der Waals surface area (Å²) in [5.41, 5.74) is 1.34. The average molecular weight is 251 g/mol. The van der Waals surface area contributed by atoms with Gasteiger partial charge in [0.1, 0.15) is 0 Å². The van der Waals surface area contributed by atoms with Crippen molar-refractivity contribution in [2.45, 2.75) is 19.8 Å². The zero-order valence-corrected chi connectivity index (χ0v) is 10.5. The van der Waals surface area contributed by atoms with Crippen molar-refractivity contribution in [2.75, 3.05) is 18.9 Å². The molecule has 0 aliphatic rings. The normalized spacial score (nSPS) is 10.1. The van der Waals surface area contributed by atoms with E-state index in [-0.39, 0.29) is 11.6 Å². The summed E-state index contributed by atoms with van der Waals surface area (Å²) in [7, 11) is 1.83. The van der Waals surface area contributed by atoms with Gasteiger partial charge in [0.2, 0.25) is 5.91 Å². The second-order valence-corrected chi connectivity index (χ2v) is 4.01. The van der Waals surface area contributed by atoms with Gasteiger partial charge in [0.15, 0.2) is 0 Å². The molecule has 0 atom stereocenters. The van der Waals surface area contributed by atoms with Crippen LogP contribution in [0.15, 0.2) is 18.2 Å². The Kier molecular flexibility index (Phi) is 5.26. The topological polar surface area (TPSA) is 84.3 Å². The number of aryl methyl sites for hydroxylation is 1. The molecule has 0 radical (unpaired) electrons. The van der Waals surface area contributed by atoms with Gasteiger partial charge in [-0.25, -0.2) is 0 Å². The van der Waals surface area contributed by atoms with Crippen LogP contribution in [0.1, 0.15) is 18.4 Å². The van der Waals surface area contributed by atoms with Crippen molar-refractivity contribution in [2.24, 2.45) is 0 Å². The quantitative estimate of drug-likeness (QED) is 0.459. The van der Waals surface area contributed by atoms with E-state index in [0.29, 0.717) is 17.7 Å². The molecule has 1 amide bonds. The lowest BCUT2D eigenvalue weighted by Gasteiger charge is -2.08. The van der Waals surface area contributed by atoms with Crippen LogP contribution in [-0.2, 0) is 4.79 Å². The molecular weight excluding hydrogens is 234 g/mol. The van der Waals surface area contributed by atoms with Crippen LogP contribution in [0.25, 0.3) is 0 Å². The smallest absolute Gasteiger partial charge is 0.269 e. The second-order valence-electron chi connectivity index (χ2n) is 4.01. The van der Waals surface area contributed by atoms with E-state index in [1.165, 1.54) is 12.1 Å². The zero-order chi connectivity index (χ0) is 13.5. The van der Waals surface area contributed by atoms with E-state index < -0.39 is 4.92 Å². The van der Waals surface area contributed by atoms with Gasteiger partial charge in [-0.05, 0) is 38.6 Å². The highest BCUT2D eigenvalue weighted by atomic mass is 16.6. The minimum absolute atomic E-state index is 0.0284. The van der Waals surface area contributed by atoms with E-state index in [2.05, 4.69) is 10.6 Å². The molecule has 1 rings (SSSR count). The number of carbonyl (C=O) groups is 1. The van der Waals surface area contributed by atoms with E-state index in [1.807, 2.05) is 7.05 Å². The molecule has 0 aliphatic heterocycles. The predicted octanol–water partition coefficient (Wildman–Crippen LogP) is 1.84. The fraction of sp³-hybridized carbons (Fsp3) is 0.417. The van der Waals surface area contributed by atoms with Gasteiger partial charge in [0.25, 0.3) is 5.69 Å². The third-order valence-electron chi connectivity index (χ3n) is 2.53. The number of carbonyl (C=O) groups excluding carboxylic acids is 1. The number of non-ortho nitro benzene ring substituents is 1. The molecule has 0 saturated heterocycles. The molecule has 0 heterocycles. The number of nitro benzene ring substituents is 1. The number of benzene rings is 1. The zero-order valence-electron chi connectivity index (χ0n) is 10.5. The van der Waals surface area contributed by atoms with Crippen molar-refractivity contribution in [1.82, 2.24) is 5.32 Å². The summed E-state index contributed by atoms with van der Waals surface area (Å²) in [6, 6.07) is 4.39. The second kappa shape index (κ2) is 6.70. The molecular formula is C12H17N3O3. The van der Waals surface area contributed by atoms with Gasteiger partial charge in [-0.2, -0.15) is 0 Å². The Labute approximate surface area is 106 Å². The summed E-state index contributed by atoms with van der Waals surface area (Å²) in [4.78, 5) is 21.7. The summed E-state index contributed by atoms with van der Waals surface area (Å²) in [5.74, 6) is -0.0813. The SMILES string of the molecule is CNCCCC(=O)Nc1ccc([N+](=O)[O-])cc1C. The molecule has 18 heavy (non-hydrogen) atoms. The maximum atomic E-state index is 11.6. The summed E-state index contributed by atoms with van der Waals surface area (Å²) < 4.78 is 0. The minimum Gasteiger partial charge on any atom is -0.326 e. The highest BCUT2D eigenvalue weighted by molar-refractivity contribution is 5.91. The molecule has 6 nitrogen and oxygen atoms in total. The first kappa shape index (κ1) is 14.1. The van der Waals surface area contributed by atoms with Crippen molar-refractivity contribution < 1.29 is 9.72 Å². The summed E-state index contributed by atoms with van der Waals surface area (Å²) >= 11 is 0. The number of nitro groups is 1. The fourth-order valence-electron chi connectivity index (χ4n) is 1.54. The van der Waals surface area contributed by atoms with Crippen LogP contribution in [0.4, 0.5) is 11.4 Å². The number of nitrogens with zero attached hydrogens (tertiary/aromatic N) is 1. The van der Waals surface area contributed by atoms with Crippen LogP contribution < -0.4 is 10.6 Å². The van der Waals surface area contributed by atoms with Crippen molar-refractivity contribution in [3.63, 3.8) is 0 Å². The Balaban J connectivity index is 2.62.